The van der Waals surface area contributed by atoms with E-state index in [1.54, 1.807) is 98.8 Å². The van der Waals surface area contributed by atoms with Crippen molar-refractivity contribution in [2.45, 2.75) is 98.0 Å². The molecular formula is C52H60N4O10S. The summed E-state index contributed by atoms with van der Waals surface area (Å²) in [5.74, 6) is -0.177. The molecule has 0 bridgehead atoms. The minimum absolute atomic E-state index is 0.0823. The fourth-order valence-electron chi connectivity index (χ4n) is 7.22. The third-order valence-electron chi connectivity index (χ3n) is 10.4. The van der Waals surface area contributed by atoms with Crippen LogP contribution in [0.3, 0.4) is 0 Å². The van der Waals surface area contributed by atoms with E-state index in [-0.39, 0.29) is 24.6 Å². The number of anilines is 1. The molecule has 1 aliphatic rings. The molecule has 0 atom stereocenters. The van der Waals surface area contributed by atoms with Gasteiger partial charge in [-0.3, -0.25) is 9.59 Å². The average Bonchev–Trinajstić information content (AvgIpc) is 3.68. The number of nitrogens with one attached hydrogen (secondary N) is 4. The molecule has 0 saturated heterocycles. The summed E-state index contributed by atoms with van der Waals surface area (Å²) in [4.78, 5) is 66.0. The second-order valence-corrected chi connectivity index (χ2v) is 19.0. The smallest absolute Gasteiger partial charge is 0.407 e. The van der Waals surface area contributed by atoms with E-state index in [0.29, 0.717) is 71.1 Å². The number of unbranched alkanes of at least 4 members (excludes halogenated alkanes) is 3. The topological polar surface area (TPSA) is 180 Å². The summed E-state index contributed by atoms with van der Waals surface area (Å²) in [7, 11) is 1.31. The maximum atomic E-state index is 14.5. The van der Waals surface area contributed by atoms with Crippen LogP contribution in [0.25, 0.3) is 21.6 Å². The summed E-state index contributed by atoms with van der Waals surface area (Å²) in [6.07, 6.45) is 3.13. The van der Waals surface area contributed by atoms with E-state index in [1.807, 2.05) is 38.3 Å². The molecule has 0 unspecified atom stereocenters. The van der Waals surface area contributed by atoms with Crippen LogP contribution in [0.5, 0.6) is 11.5 Å². The first-order valence-corrected chi connectivity index (χ1v) is 23.3. The Morgan fingerprint density at radius 3 is 2.04 bits per heavy atom. The lowest BCUT2D eigenvalue weighted by Gasteiger charge is -2.19. The number of carbonyl (C=O) groups excluding carboxylic acids is 5. The van der Waals surface area contributed by atoms with Crippen LogP contribution in [0, 0.1) is 0 Å². The summed E-state index contributed by atoms with van der Waals surface area (Å²) in [6, 6.07) is 24.9. The van der Waals surface area contributed by atoms with Crippen LogP contribution >= 0.6 is 11.3 Å². The van der Waals surface area contributed by atoms with E-state index in [0.717, 1.165) is 47.3 Å². The van der Waals surface area contributed by atoms with E-state index in [9.17, 15) is 24.0 Å². The molecule has 15 heteroatoms. The summed E-state index contributed by atoms with van der Waals surface area (Å²) in [5.41, 5.74) is 4.63. The maximum Gasteiger partial charge on any atom is 0.407 e. The highest BCUT2D eigenvalue weighted by molar-refractivity contribution is 7.13. The Hall–Kier alpha value is -6.87. The number of carbonyl (C=O) groups is 5. The molecule has 4 amide bonds. The molecule has 354 valence electrons. The lowest BCUT2D eigenvalue weighted by Crippen LogP contribution is -2.33. The Balaban J connectivity index is 1.17. The van der Waals surface area contributed by atoms with Crippen molar-refractivity contribution < 1.29 is 47.7 Å². The summed E-state index contributed by atoms with van der Waals surface area (Å²) >= 11 is 1.57. The van der Waals surface area contributed by atoms with Gasteiger partial charge in [0, 0.05) is 53.3 Å². The third-order valence-corrected chi connectivity index (χ3v) is 11.4. The molecule has 0 fully saturated rings. The zero-order valence-electron chi connectivity index (χ0n) is 39.2. The summed E-state index contributed by atoms with van der Waals surface area (Å²) in [6.45, 7) is 12.6. The Bertz CT molecular complexity index is 2560. The van der Waals surface area contributed by atoms with Crippen molar-refractivity contribution in [3.8, 4) is 33.1 Å². The molecule has 14 nitrogen and oxygen atoms in total. The maximum absolute atomic E-state index is 14.5. The van der Waals surface area contributed by atoms with Gasteiger partial charge in [-0.1, -0.05) is 37.1 Å². The van der Waals surface area contributed by atoms with Gasteiger partial charge in [0.05, 0.1) is 19.3 Å². The van der Waals surface area contributed by atoms with Gasteiger partial charge in [0.2, 0.25) is 0 Å². The molecular weight excluding hydrogens is 873 g/mol. The predicted octanol–water partition coefficient (Wildman–Crippen LogP) is 10.5. The number of rotatable bonds is 17. The molecule has 6 rings (SSSR count). The standard InChI is InChI=1S/C52H60N4O10S/c1-51(2,3)65-49(60)54-24-11-9-8-10-23-53-46(57)36-13-12-14-38(28-36)64-32-34-17-20-39(48(59)62-7)40(27-34)41-30-44-43(45-35(21-25-63-44)22-26-67-45)29-42(41)47(58)56-37-18-15-33(16-19-37)31-55-50(61)66-52(4,5)6/h12-20,22,26-30H,8-11,21,23-25,31-32H2,1-7H3,(H,53,57)(H,54,60)(H,55,61)(H,56,58). The van der Waals surface area contributed by atoms with E-state index in [4.69, 9.17) is 23.7 Å². The average molecular weight is 933 g/mol. The molecule has 2 heterocycles. The van der Waals surface area contributed by atoms with Crippen molar-refractivity contribution in [2.24, 2.45) is 0 Å². The molecule has 0 radical (unpaired) electrons. The van der Waals surface area contributed by atoms with Crippen molar-refractivity contribution in [2.75, 3.05) is 32.1 Å². The Morgan fingerprint density at radius 2 is 1.34 bits per heavy atom. The number of hydrogen-bond donors (Lipinski definition) is 4. The van der Waals surface area contributed by atoms with Crippen LogP contribution < -0.4 is 30.7 Å². The number of amides is 4. The molecule has 0 saturated carbocycles. The van der Waals surface area contributed by atoms with Gasteiger partial charge in [-0.05, 0) is 148 Å². The minimum atomic E-state index is -0.625. The number of fused-ring (bicyclic) bond motifs is 3. The zero-order valence-corrected chi connectivity index (χ0v) is 40.0. The number of methoxy groups -OCH3 is 1. The third kappa shape index (κ3) is 14.6. The summed E-state index contributed by atoms with van der Waals surface area (Å²) < 4.78 is 28.3. The van der Waals surface area contributed by atoms with Crippen LogP contribution in [0.1, 0.15) is 115 Å². The van der Waals surface area contributed by atoms with E-state index < -0.39 is 35.3 Å². The number of ether oxygens (including phenoxy) is 5. The minimum Gasteiger partial charge on any atom is -0.493 e. The fourth-order valence-corrected chi connectivity index (χ4v) is 8.19. The number of alkyl carbamates (subject to hydrolysis) is 2. The molecule has 5 aromatic rings. The molecule has 1 aliphatic heterocycles. The number of esters is 1. The molecule has 0 aliphatic carbocycles. The number of thiophene rings is 1. The van der Waals surface area contributed by atoms with Crippen molar-refractivity contribution in [3.63, 3.8) is 0 Å². The first-order valence-electron chi connectivity index (χ1n) is 22.4. The van der Waals surface area contributed by atoms with Crippen LogP contribution in [-0.4, -0.2) is 68.0 Å². The highest BCUT2D eigenvalue weighted by atomic mass is 32.1. The SMILES string of the molecule is COC(=O)c1ccc(COc2cccc(C(=O)NCCCCCCNC(=O)OC(C)(C)C)c2)cc1-c1cc2c(cc1C(=O)Nc1ccc(CNC(=O)OC(C)(C)C)cc1)-c1sccc1CCO2. The van der Waals surface area contributed by atoms with Crippen molar-refractivity contribution in [1.29, 1.82) is 0 Å². The second kappa shape index (κ2) is 22.6. The van der Waals surface area contributed by atoms with Crippen LogP contribution in [-0.2, 0) is 33.8 Å². The first-order chi connectivity index (χ1) is 32.0. The second-order valence-electron chi connectivity index (χ2n) is 18.1. The highest BCUT2D eigenvalue weighted by Gasteiger charge is 2.26. The molecule has 4 aromatic carbocycles. The first kappa shape index (κ1) is 49.6. The van der Waals surface area contributed by atoms with Gasteiger partial charge < -0.3 is 45.0 Å². The quantitative estimate of drug-likeness (QED) is 0.0398. The Kier molecular flexibility index (Phi) is 16.7. The van der Waals surface area contributed by atoms with Gasteiger partial charge in [-0.25, -0.2) is 14.4 Å². The van der Waals surface area contributed by atoms with Gasteiger partial charge in [0.1, 0.15) is 29.3 Å². The fraction of sp³-hybridized carbons (Fsp3) is 0.365. The van der Waals surface area contributed by atoms with Gasteiger partial charge in [-0.15, -0.1) is 11.3 Å². The van der Waals surface area contributed by atoms with Crippen LogP contribution in [0.2, 0.25) is 0 Å². The van der Waals surface area contributed by atoms with Gasteiger partial charge in [0.25, 0.3) is 11.8 Å². The van der Waals surface area contributed by atoms with Crippen molar-refractivity contribution >= 4 is 47.0 Å². The Morgan fingerprint density at radius 1 is 0.672 bits per heavy atom. The largest absolute Gasteiger partial charge is 0.493 e. The predicted molar refractivity (Wildman–Crippen MR) is 259 cm³/mol. The van der Waals surface area contributed by atoms with E-state index >= 15 is 0 Å². The monoisotopic (exact) mass is 932 g/mol. The Labute approximate surface area is 396 Å². The number of hydrogen-bond acceptors (Lipinski definition) is 11. The van der Waals surface area contributed by atoms with Gasteiger partial charge in [-0.2, -0.15) is 0 Å². The highest BCUT2D eigenvalue weighted by Crippen LogP contribution is 2.44. The van der Waals surface area contributed by atoms with Crippen LogP contribution in [0.4, 0.5) is 15.3 Å². The molecule has 4 N–H and O–H groups in total. The van der Waals surface area contributed by atoms with E-state index in [2.05, 4.69) is 27.3 Å². The lowest BCUT2D eigenvalue weighted by molar-refractivity contribution is 0.0513. The molecule has 0 spiro atoms. The zero-order chi connectivity index (χ0) is 48.1. The normalized spacial score (nSPS) is 12.0. The van der Waals surface area contributed by atoms with Crippen molar-refractivity contribution in [1.82, 2.24) is 16.0 Å². The summed E-state index contributed by atoms with van der Waals surface area (Å²) in [5, 5.41) is 13.5. The molecule has 1 aromatic heterocycles. The number of benzene rings is 4. The van der Waals surface area contributed by atoms with Gasteiger partial charge in [0.15, 0.2) is 0 Å². The lowest BCUT2D eigenvalue weighted by atomic mass is 9.91. The van der Waals surface area contributed by atoms with E-state index in [1.165, 1.54) is 7.11 Å². The molecule has 67 heavy (non-hydrogen) atoms. The van der Waals surface area contributed by atoms with Crippen molar-refractivity contribution in [3.05, 3.63) is 124 Å². The van der Waals surface area contributed by atoms with Crippen LogP contribution in [0.15, 0.2) is 90.3 Å². The van der Waals surface area contributed by atoms with Gasteiger partial charge >= 0.3 is 18.2 Å².